The Morgan fingerprint density at radius 1 is 1.08 bits per heavy atom. The van der Waals surface area contributed by atoms with Crippen molar-refractivity contribution in [2.24, 2.45) is 5.10 Å². The molecule has 0 spiro atoms. The van der Waals surface area contributed by atoms with Gasteiger partial charge in [-0.15, -0.1) is 0 Å². The lowest BCUT2D eigenvalue weighted by molar-refractivity contribution is -0.145. The van der Waals surface area contributed by atoms with Gasteiger partial charge in [-0.3, -0.25) is 10.2 Å². The average Bonchev–Trinajstić information content (AvgIpc) is 3.08. The van der Waals surface area contributed by atoms with Gasteiger partial charge in [-0.05, 0) is 19.4 Å². The minimum absolute atomic E-state index is 0.187. The van der Waals surface area contributed by atoms with Crippen LogP contribution in [0.5, 0.6) is 0 Å². The Morgan fingerprint density at radius 3 is 2.40 bits per heavy atom. The first-order chi connectivity index (χ1) is 12.1. The zero-order valence-electron chi connectivity index (χ0n) is 14.2. The van der Waals surface area contributed by atoms with E-state index in [0.29, 0.717) is 11.3 Å². The summed E-state index contributed by atoms with van der Waals surface area (Å²) in [5, 5.41) is 4.19. The highest BCUT2D eigenvalue weighted by molar-refractivity contribution is 6.48. The Kier molecular flexibility index (Phi) is 4.93. The summed E-state index contributed by atoms with van der Waals surface area (Å²) in [5.41, 5.74) is 5.60. The molecule has 2 unspecified atom stereocenters. The number of ketones is 1. The van der Waals surface area contributed by atoms with Crippen molar-refractivity contribution in [2.45, 2.75) is 25.8 Å². The van der Waals surface area contributed by atoms with Crippen LogP contribution in [0.4, 0.5) is 0 Å². The Bertz CT molecular complexity index is 797. The number of carbonyl (C=O) groups excluding carboxylic acids is 2. The number of benzene rings is 2. The number of hydrogen-bond donors (Lipinski definition) is 1. The number of hydrogen-bond acceptors (Lipinski definition) is 5. The van der Waals surface area contributed by atoms with Crippen molar-refractivity contribution >= 4 is 17.5 Å². The Labute approximate surface area is 146 Å². The van der Waals surface area contributed by atoms with Gasteiger partial charge in [0.2, 0.25) is 5.78 Å². The van der Waals surface area contributed by atoms with E-state index in [0.717, 1.165) is 11.1 Å². The van der Waals surface area contributed by atoms with Crippen LogP contribution in [0.3, 0.4) is 0 Å². The SMILES string of the molecule is CCOC(=O)C1NN=C(C(=O)c2ccc(C)cc2)C1c1ccccc1. The van der Waals surface area contributed by atoms with Gasteiger partial charge in [0.15, 0.2) is 6.04 Å². The van der Waals surface area contributed by atoms with E-state index in [2.05, 4.69) is 10.5 Å². The molecule has 0 fully saturated rings. The lowest BCUT2D eigenvalue weighted by atomic mass is 9.85. The van der Waals surface area contributed by atoms with Crippen molar-refractivity contribution in [3.8, 4) is 0 Å². The third kappa shape index (κ3) is 3.45. The highest BCUT2D eigenvalue weighted by Gasteiger charge is 2.41. The standard InChI is InChI=1S/C20H20N2O3/c1-3-25-20(24)18-16(14-7-5-4-6-8-14)17(21-22-18)19(23)15-11-9-13(2)10-12-15/h4-12,16,18,22H,3H2,1-2H3. The molecule has 2 aromatic rings. The lowest BCUT2D eigenvalue weighted by Gasteiger charge is -2.19. The van der Waals surface area contributed by atoms with Crippen LogP contribution in [-0.2, 0) is 9.53 Å². The molecule has 2 aromatic carbocycles. The smallest absolute Gasteiger partial charge is 0.331 e. The average molecular weight is 336 g/mol. The molecule has 1 aliphatic rings. The molecule has 5 nitrogen and oxygen atoms in total. The highest BCUT2D eigenvalue weighted by Crippen LogP contribution is 2.28. The maximum absolute atomic E-state index is 12.9. The fourth-order valence-electron chi connectivity index (χ4n) is 2.92. The molecule has 0 radical (unpaired) electrons. The topological polar surface area (TPSA) is 67.8 Å². The van der Waals surface area contributed by atoms with E-state index in [9.17, 15) is 9.59 Å². The van der Waals surface area contributed by atoms with Gasteiger partial charge >= 0.3 is 5.97 Å². The Balaban J connectivity index is 1.95. The zero-order chi connectivity index (χ0) is 17.8. The molecule has 0 aromatic heterocycles. The van der Waals surface area contributed by atoms with E-state index < -0.39 is 17.9 Å². The second kappa shape index (κ2) is 7.30. The van der Waals surface area contributed by atoms with Crippen LogP contribution in [-0.4, -0.2) is 30.1 Å². The summed E-state index contributed by atoms with van der Waals surface area (Å²) >= 11 is 0. The maximum Gasteiger partial charge on any atom is 0.331 e. The lowest BCUT2D eigenvalue weighted by Crippen LogP contribution is -2.38. The van der Waals surface area contributed by atoms with Gasteiger partial charge < -0.3 is 4.74 Å². The first-order valence-electron chi connectivity index (χ1n) is 8.28. The first-order valence-corrected chi connectivity index (χ1v) is 8.28. The van der Waals surface area contributed by atoms with Gasteiger partial charge in [0.25, 0.3) is 0 Å². The number of nitrogens with zero attached hydrogens (tertiary/aromatic N) is 1. The zero-order valence-corrected chi connectivity index (χ0v) is 14.2. The quantitative estimate of drug-likeness (QED) is 0.673. The molecule has 3 rings (SSSR count). The molecule has 1 aliphatic heterocycles. The predicted octanol–water partition coefficient (Wildman–Crippen LogP) is 2.85. The van der Waals surface area contributed by atoms with E-state index in [-0.39, 0.29) is 12.4 Å². The molecule has 1 heterocycles. The van der Waals surface area contributed by atoms with Crippen molar-refractivity contribution in [3.05, 3.63) is 71.3 Å². The number of esters is 1. The molecule has 128 valence electrons. The minimum atomic E-state index is -0.702. The van der Waals surface area contributed by atoms with Crippen LogP contribution in [0.2, 0.25) is 0 Å². The Morgan fingerprint density at radius 2 is 1.76 bits per heavy atom. The van der Waals surface area contributed by atoms with E-state index in [1.165, 1.54) is 0 Å². The van der Waals surface area contributed by atoms with E-state index in [4.69, 9.17) is 4.74 Å². The van der Waals surface area contributed by atoms with Gasteiger partial charge in [0.1, 0.15) is 5.71 Å². The van der Waals surface area contributed by atoms with Crippen LogP contribution < -0.4 is 5.43 Å². The summed E-state index contributed by atoms with van der Waals surface area (Å²) in [7, 11) is 0. The number of carbonyl (C=O) groups is 2. The third-order valence-electron chi connectivity index (χ3n) is 4.20. The van der Waals surface area contributed by atoms with Gasteiger partial charge in [-0.2, -0.15) is 5.10 Å². The van der Waals surface area contributed by atoms with Crippen molar-refractivity contribution in [1.29, 1.82) is 0 Å². The highest BCUT2D eigenvalue weighted by atomic mass is 16.5. The molecule has 5 heteroatoms. The molecular weight excluding hydrogens is 316 g/mol. The van der Waals surface area contributed by atoms with Crippen LogP contribution in [0.15, 0.2) is 59.7 Å². The molecule has 0 saturated heterocycles. The van der Waals surface area contributed by atoms with Crippen LogP contribution in [0, 0.1) is 6.92 Å². The summed E-state index contributed by atoms with van der Waals surface area (Å²) in [6, 6.07) is 16.1. The second-order valence-electron chi connectivity index (χ2n) is 5.94. The van der Waals surface area contributed by atoms with Gasteiger partial charge in [-0.25, -0.2) is 4.79 Å². The fourth-order valence-corrected chi connectivity index (χ4v) is 2.92. The number of Topliss-reactive ketones (excluding diaryl/α,β-unsaturated/α-hetero) is 1. The molecule has 25 heavy (non-hydrogen) atoms. The van der Waals surface area contributed by atoms with Crippen molar-refractivity contribution < 1.29 is 14.3 Å². The summed E-state index contributed by atoms with van der Waals surface area (Å²) in [6.45, 7) is 4.00. The summed E-state index contributed by atoms with van der Waals surface area (Å²) in [4.78, 5) is 25.3. The number of ether oxygens (including phenoxy) is 1. The fraction of sp³-hybridized carbons (Fsp3) is 0.250. The first kappa shape index (κ1) is 16.9. The van der Waals surface area contributed by atoms with Crippen molar-refractivity contribution in [2.75, 3.05) is 6.61 Å². The normalized spacial score (nSPS) is 19.0. The number of rotatable bonds is 5. The minimum Gasteiger partial charge on any atom is -0.464 e. The predicted molar refractivity (Wildman–Crippen MR) is 95.7 cm³/mol. The number of hydrazone groups is 1. The summed E-state index contributed by atoms with van der Waals surface area (Å²) in [6.07, 6.45) is 0. The van der Waals surface area contributed by atoms with E-state index in [1.54, 1.807) is 19.1 Å². The molecule has 0 aliphatic carbocycles. The van der Waals surface area contributed by atoms with Gasteiger partial charge in [0.05, 0.1) is 12.5 Å². The maximum atomic E-state index is 12.9. The molecule has 0 saturated carbocycles. The molecule has 0 bridgehead atoms. The van der Waals surface area contributed by atoms with E-state index in [1.807, 2.05) is 49.4 Å². The van der Waals surface area contributed by atoms with Gasteiger partial charge in [-0.1, -0.05) is 60.2 Å². The Hall–Kier alpha value is -2.95. The van der Waals surface area contributed by atoms with Crippen molar-refractivity contribution in [3.63, 3.8) is 0 Å². The van der Waals surface area contributed by atoms with Crippen LogP contribution in [0.25, 0.3) is 0 Å². The van der Waals surface area contributed by atoms with Crippen LogP contribution >= 0.6 is 0 Å². The largest absolute Gasteiger partial charge is 0.464 e. The molecular formula is C20H20N2O3. The summed E-state index contributed by atoms with van der Waals surface area (Å²) in [5.74, 6) is -1.07. The van der Waals surface area contributed by atoms with E-state index >= 15 is 0 Å². The molecule has 1 N–H and O–H groups in total. The number of nitrogens with one attached hydrogen (secondary N) is 1. The van der Waals surface area contributed by atoms with Gasteiger partial charge in [0, 0.05) is 5.56 Å². The second-order valence-corrected chi connectivity index (χ2v) is 5.94. The molecule has 0 amide bonds. The van der Waals surface area contributed by atoms with Crippen molar-refractivity contribution in [1.82, 2.24) is 5.43 Å². The third-order valence-corrected chi connectivity index (χ3v) is 4.20. The summed E-state index contributed by atoms with van der Waals surface area (Å²) < 4.78 is 5.14. The van der Waals surface area contributed by atoms with Crippen LogP contribution in [0.1, 0.15) is 34.3 Å². The monoisotopic (exact) mass is 336 g/mol. The number of aryl methyl sites for hydroxylation is 1. The molecule has 2 atom stereocenters.